The van der Waals surface area contributed by atoms with Crippen LogP contribution in [0.5, 0.6) is 0 Å². The number of anilines is 1. The molecule has 0 fully saturated rings. The molecule has 2 aromatic rings. The highest BCUT2D eigenvalue weighted by Gasteiger charge is 2.22. The molecular weight excluding hydrogens is 256 g/mol. The second kappa shape index (κ2) is 4.92. The molecule has 104 valence electrons. The maximum atomic E-state index is 11.8. The van der Waals surface area contributed by atoms with E-state index in [9.17, 15) is 4.79 Å². The summed E-state index contributed by atoms with van der Waals surface area (Å²) in [6, 6.07) is 0. The lowest BCUT2D eigenvalue weighted by molar-refractivity contribution is 0.0940. The Morgan fingerprint density at radius 3 is 3.05 bits per heavy atom. The third-order valence-corrected chi connectivity index (χ3v) is 3.21. The van der Waals surface area contributed by atoms with Crippen LogP contribution in [0, 0.1) is 6.92 Å². The quantitative estimate of drug-likeness (QED) is 0.845. The molecule has 0 saturated carbocycles. The molecule has 0 unspecified atom stereocenters. The van der Waals surface area contributed by atoms with Gasteiger partial charge in [-0.05, 0) is 13.3 Å². The third kappa shape index (κ3) is 2.34. The van der Waals surface area contributed by atoms with Gasteiger partial charge in [0.05, 0.1) is 6.20 Å². The molecule has 3 rings (SSSR count). The van der Waals surface area contributed by atoms with Crippen molar-refractivity contribution in [2.24, 2.45) is 7.05 Å². The van der Waals surface area contributed by atoms with Crippen LogP contribution >= 0.6 is 0 Å². The summed E-state index contributed by atoms with van der Waals surface area (Å²) in [6.07, 6.45) is 4.50. The molecule has 1 amide bonds. The molecule has 20 heavy (non-hydrogen) atoms. The first-order valence-corrected chi connectivity index (χ1v) is 6.50. The lowest BCUT2D eigenvalue weighted by Gasteiger charge is -2.19. The van der Waals surface area contributed by atoms with Crippen molar-refractivity contribution in [2.45, 2.75) is 19.9 Å². The molecule has 0 aliphatic carbocycles. The molecule has 0 saturated heterocycles. The van der Waals surface area contributed by atoms with Crippen molar-refractivity contribution in [3.05, 3.63) is 35.0 Å². The summed E-state index contributed by atoms with van der Waals surface area (Å²) in [4.78, 5) is 20.5. The Morgan fingerprint density at radius 1 is 1.45 bits per heavy atom. The fraction of sp³-hybridized carbons (Fsp3) is 0.385. The molecular formula is C13H16N6O. The maximum Gasteiger partial charge on any atom is 0.270 e. The van der Waals surface area contributed by atoms with E-state index in [1.165, 1.54) is 0 Å². The number of aryl methyl sites for hydroxylation is 2. The molecule has 0 radical (unpaired) electrons. The zero-order valence-electron chi connectivity index (χ0n) is 11.5. The monoisotopic (exact) mass is 272 g/mol. The largest absolute Gasteiger partial charge is 0.366 e. The molecule has 2 N–H and O–H groups in total. The first-order valence-electron chi connectivity index (χ1n) is 6.50. The minimum absolute atomic E-state index is 0.124. The van der Waals surface area contributed by atoms with Crippen molar-refractivity contribution in [1.82, 2.24) is 25.1 Å². The number of carbonyl (C=O) groups excluding carboxylic acids is 1. The Kier molecular flexibility index (Phi) is 3.09. The van der Waals surface area contributed by atoms with E-state index in [2.05, 4.69) is 25.7 Å². The minimum Gasteiger partial charge on any atom is -0.366 e. The number of amides is 1. The van der Waals surface area contributed by atoms with Crippen molar-refractivity contribution in [3.63, 3.8) is 0 Å². The van der Waals surface area contributed by atoms with Crippen LogP contribution in [0.2, 0.25) is 0 Å². The molecule has 1 aliphatic heterocycles. The highest BCUT2D eigenvalue weighted by atomic mass is 16.1. The van der Waals surface area contributed by atoms with E-state index in [0.29, 0.717) is 24.6 Å². The van der Waals surface area contributed by atoms with Crippen molar-refractivity contribution >= 4 is 11.7 Å². The molecule has 0 aromatic carbocycles. The van der Waals surface area contributed by atoms with Gasteiger partial charge in [0.25, 0.3) is 5.91 Å². The van der Waals surface area contributed by atoms with Gasteiger partial charge in [-0.2, -0.15) is 5.10 Å². The molecule has 3 heterocycles. The number of hydrogen-bond acceptors (Lipinski definition) is 5. The summed E-state index contributed by atoms with van der Waals surface area (Å²) in [7, 11) is 1.88. The van der Waals surface area contributed by atoms with Crippen molar-refractivity contribution in [1.29, 1.82) is 0 Å². The van der Waals surface area contributed by atoms with Gasteiger partial charge in [0.15, 0.2) is 0 Å². The zero-order chi connectivity index (χ0) is 14.1. The fourth-order valence-electron chi connectivity index (χ4n) is 2.30. The number of fused-ring (bicyclic) bond motifs is 1. The fourth-order valence-corrected chi connectivity index (χ4v) is 2.30. The average molecular weight is 272 g/mol. The summed E-state index contributed by atoms with van der Waals surface area (Å²) in [6.45, 7) is 3.04. The van der Waals surface area contributed by atoms with Gasteiger partial charge in [0.2, 0.25) is 0 Å². The van der Waals surface area contributed by atoms with E-state index in [1.807, 2.05) is 13.2 Å². The van der Waals surface area contributed by atoms with Gasteiger partial charge in [0.1, 0.15) is 17.3 Å². The summed E-state index contributed by atoms with van der Waals surface area (Å²) >= 11 is 0. The van der Waals surface area contributed by atoms with Gasteiger partial charge in [-0.25, -0.2) is 9.97 Å². The highest BCUT2D eigenvalue weighted by Crippen LogP contribution is 2.20. The molecule has 0 atom stereocenters. The Morgan fingerprint density at radius 2 is 2.30 bits per heavy atom. The molecule has 1 aliphatic rings. The predicted octanol–water partition coefficient (Wildman–Crippen LogP) is 0.417. The van der Waals surface area contributed by atoms with E-state index in [0.717, 1.165) is 23.4 Å². The normalized spacial score (nSPS) is 13.8. The standard InChI is InChI=1S/C13H16N6O/c1-8-17-11-10(3-4-14-13(11)20)12(18-8)15-5-9-6-16-19(2)7-9/h6-7H,3-5H2,1-2H3,(H,14,20)(H,15,17,18). The number of nitrogens with one attached hydrogen (secondary N) is 2. The Bertz CT molecular complexity index is 663. The van der Waals surface area contributed by atoms with Gasteiger partial charge < -0.3 is 10.6 Å². The molecule has 0 spiro atoms. The second-order valence-electron chi connectivity index (χ2n) is 4.83. The average Bonchev–Trinajstić information content (AvgIpc) is 2.83. The van der Waals surface area contributed by atoms with Crippen LogP contribution < -0.4 is 10.6 Å². The summed E-state index contributed by atoms with van der Waals surface area (Å²) < 4.78 is 1.76. The predicted molar refractivity (Wildman–Crippen MR) is 73.3 cm³/mol. The van der Waals surface area contributed by atoms with Gasteiger partial charge in [0, 0.05) is 37.5 Å². The van der Waals surface area contributed by atoms with E-state index in [4.69, 9.17) is 0 Å². The number of aromatic nitrogens is 4. The van der Waals surface area contributed by atoms with Gasteiger partial charge in [-0.15, -0.1) is 0 Å². The van der Waals surface area contributed by atoms with Crippen LogP contribution in [0.4, 0.5) is 5.82 Å². The first kappa shape index (κ1) is 12.6. The van der Waals surface area contributed by atoms with Crippen molar-refractivity contribution < 1.29 is 4.79 Å². The molecule has 2 aromatic heterocycles. The van der Waals surface area contributed by atoms with Crippen LogP contribution in [0.25, 0.3) is 0 Å². The smallest absolute Gasteiger partial charge is 0.270 e. The van der Waals surface area contributed by atoms with Crippen LogP contribution in [0.1, 0.15) is 27.4 Å². The maximum absolute atomic E-state index is 11.8. The van der Waals surface area contributed by atoms with Crippen LogP contribution in [-0.4, -0.2) is 32.2 Å². The Hall–Kier alpha value is -2.44. The van der Waals surface area contributed by atoms with Gasteiger partial charge in [-0.1, -0.05) is 0 Å². The number of rotatable bonds is 3. The molecule has 7 nitrogen and oxygen atoms in total. The van der Waals surface area contributed by atoms with Crippen LogP contribution in [0.3, 0.4) is 0 Å². The first-order chi connectivity index (χ1) is 9.63. The van der Waals surface area contributed by atoms with E-state index >= 15 is 0 Å². The van der Waals surface area contributed by atoms with E-state index in [-0.39, 0.29) is 5.91 Å². The number of hydrogen-bond donors (Lipinski definition) is 2. The SMILES string of the molecule is Cc1nc(NCc2cnn(C)c2)c2c(n1)C(=O)NCC2. The lowest BCUT2D eigenvalue weighted by atomic mass is 10.1. The van der Waals surface area contributed by atoms with E-state index in [1.54, 1.807) is 17.8 Å². The number of nitrogens with zero attached hydrogens (tertiary/aromatic N) is 4. The zero-order valence-corrected chi connectivity index (χ0v) is 11.5. The Balaban J connectivity index is 1.87. The van der Waals surface area contributed by atoms with Crippen molar-refractivity contribution in [2.75, 3.05) is 11.9 Å². The molecule has 7 heteroatoms. The minimum atomic E-state index is -0.124. The van der Waals surface area contributed by atoms with Crippen LogP contribution in [-0.2, 0) is 20.0 Å². The van der Waals surface area contributed by atoms with Crippen LogP contribution in [0.15, 0.2) is 12.4 Å². The highest BCUT2D eigenvalue weighted by molar-refractivity contribution is 5.95. The summed E-state index contributed by atoms with van der Waals surface area (Å²) in [5, 5.41) is 10.2. The Labute approximate surface area is 116 Å². The van der Waals surface area contributed by atoms with Gasteiger partial charge >= 0.3 is 0 Å². The summed E-state index contributed by atoms with van der Waals surface area (Å²) in [5.74, 6) is 1.21. The van der Waals surface area contributed by atoms with Crippen molar-refractivity contribution in [3.8, 4) is 0 Å². The molecule has 0 bridgehead atoms. The topological polar surface area (TPSA) is 84.7 Å². The third-order valence-electron chi connectivity index (χ3n) is 3.21. The summed E-state index contributed by atoms with van der Waals surface area (Å²) in [5.41, 5.74) is 2.44. The van der Waals surface area contributed by atoms with Gasteiger partial charge in [-0.3, -0.25) is 9.48 Å². The lowest BCUT2D eigenvalue weighted by Crippen LogP contribution is -2.34. The second-order valence-corrected chi connectivity index (χ2v) is 4.83. The number of carbonyl (C=O) groups is 1. The van der Waals surface area contributed by atoms with E-state index < -0.39 is 0 Å².